The first-order valence-electron chi connectivity index (χ1n) is 6.67. The van der Waals surface area contributed by atoms with Crippen LogP contribution in [0, 0.1) is 5.92 Å². The van der Waals surface area contributed by atoms with Crippen LogP contribution < -0.4 is 5.32 Å². The third kappa shape index (κ3) is 5.19. The quantitative estimate of drug-likeness (QED) is 0.429. The summed E-state index contributed by atoms with van der Waals surface area (Å²) >= 11 is 0. The zero-order chi connectivity index (χ0) is 13.4. The summed E-state index contributed by atoms with van der Waals surface area (Å²) in [6, 6.07) is 0. The first-order chi connectivity index (χ1) is 8.56. The Balaban J connectivity index is 2.29. The standard InChI is InChI=1S/C14H25NO3/c1-4-10-17-11-7-13(16)18-14(2,3)12-5-8-15-9-6-12/h4,12,15H,1,5-11H2,2-3H3. The Morgan fingerprint density at radius 1 is 1.44 bits per heavy atom. The average molecular weight is 255 g/mol. The molecule has 0 saturated carbocycles. The van der Waals surface area contributed by atoms with E-state index in [0.29, 0.717) is 25.6 Å². The van der Waals surface area contributed by atoms with Gasteiger partial charge in [-0.3, -0.25) is 4.79 Å². The van der Waals surface area contributed by atoms with Crippen LogP contribution in [-0.4, -0.2) is 37.9 Å². The van der Waals surface area contributed by atoms with Gasteiger partial charge in [-0.25, -0.2) is 0 Å². The van der Waals surface area contributed by atoms with E-state index in [1.165, 1.54) is 0 Å². The number of hydrogen-bond acceptors (Lipinski definition) is 4. The van der Waals surface area contributed by atoms with E-state index in [-0.39, 0.29) is 11.6 Å². The lowest BCUT2D eigenvalue weighted by molar-refractivity contribution is -0.163. The van der Waals surface area contributed by atoms with Crippen LogP contribution in [0.4, 0.5) is 0 Å². The number of carbonyl (C=O) groups excluding carboxylic acids is 1. The first kappa shape index (κ1) is 15.2. The Bertz CT molecular complexity index is 270. The topological polar surface area (TPSA) is 47.6 Å². The maximum absolute atomic E-state index is 11.7. The molecule has 104 valence electrons. The Labute approximate surface area is 110 Å². The minimum Gasteiger partial charge on any atom is -0.459 e. The zero-order valence-corrected chi connectivity index (χ0v) is 11.5. The molecule has 1 saturated heterocycles. The molecule has 0 aromatic carbocycles. The summed E-state index contributed by atoms with van der Waals surface area (Å²) < 4.78 is 10.8. The molecule has 0 atom stereocenters. The molecule has 0 aromatic heterocycles. The molecule has 1 aliphatic rings. The van der Waals surface area contributed by atoms with Gasteiger partial charge < -0.3 is 14.8 Å². The number of carbonyl (C=O) groups is 1. The predicted molar refractivity (Wildman–Crippen MR) is 71.4 cm³/mol. The van der Waals surface area contributed by atoms with Gasteiger partial charge in [0.2, 0.25) is 0 Å². The molecule has 1 fully saturated rings. The van der Waals surface area contributed by atoms with Crippen molar-refractivity contribution in [3.63, 3.8) is 0 Å². The molecule has 1 rings (SSSR count). The minimum atomic E-state index is -0.377. The summed E-state index contributed by atoms with van der Waals surface area (Å²) in [6.07, 6.45) is 4.10. The molecule has 0 bridgehead atoms. The third-order valence-corrected chi connectivity index (χ3v) is 3.39. The summed E-state index contributed by atoms with van der Waals surface area (Å²) in [5, 5.41) is 3.32. The van der Waals surface area contributed by atoms with Crippen molar-refractivity contribution >= 4 is 5.97 Å². The molecule has 4 nitrogen and oxygen atoms in total. The van der Waals surface area contributed by atoms with Crippen molar-refractivity contribution in [3.8, 4) is 0 Å². The average Bonchev–Trinajstić information content (AvgIpc) is 2.35. The highest BCUT2D eigenvalue weighted by Crippen LogP contribution is 2.29. The van der Waals surface area contributed by atoms with Gasteiger partial charge >= 0.3 is 5.97 Å². The van der Waals surface area contributed by atoms with Crippen molar-refractivity contribution in [2.45, 2.75) is 38.7 Å². The zero-order valence-electron chi connectivity index (χ0n) is 11.5. The lowest BCUT2D eigenvalue weighted by Crippen LogP contribution is -2.42. The van der Waals surface area contributed by atoms with Gasteiger partial charge in [-0.05, 0) is 39.8 Å². The first-order valence-corrected chi connectivity index (χ1v) is 6.67. The molecule has 0 aliphatic carbocycles. The van der Waals surface area contributed by atoms with Gasteiger partial charge in [0.25, 0.3) is 0 Å². The van der Waals surface area contributed by atoms with Gasteiger partial charge in [0.15, 0.2) is 0 Å². The maximum Gasteiger partial charge on any atom is 0.308 e. The second kappa shape index (κ2) is 7.54. The summed E-state index contributed by atoms with van der Waals surface area (Å²) in [7, 11) is 0. The maximum atomic E-state index is 11.7. The molecule has 4 heteroatoms. The number of piperidine rings is 1. The van der Waals surface area contributed by atoms with E-state index in [4.69, 9.17) is 9.47 Å². The molecule has 18 heavy (non-hydrogen) atoms. The van der Waals surface area contributed by atoms with Gasteiger partial charge in [-0.2, -0.15) is 0 Å². The fourth-order valence-corrected chi connectivity index (χ4v) is 2.27. The van der Waals surface area contributed by atoms with Crippen LogP contribution >= 0.6 is 0 Å². The molecular formula is C14H25NO3. The molecule has 1 heterocycles. The number of nitrogens with one attached hydrogen (secondary N) is 1. The van der Waals surface area contributed by atoms with Crippen LogP contribution in [0.1, 0.15) is 33.1 Å². The number of esters is 1. The van der Waals surface area contributed by atoms with E-state index in [1.54, 1.807) is 6.08 Å². The SMILES string of the molecule is C=CCOCCC(=O)OC(C)(C)C1CCNCC1. The van der Waals surface area contributed by atoms with Gasteiger partial charge in [0.1, 0.15) is 5.60 Å². The van der Waals surface area contributed by atoms with Gasteiger partial charge in [0.05, 0.1) is 19.6 Å². The molecule has 1 aliphatic heterocycles. The Morgan fingerprint density at radius 3 is 2.72 bits per heavy atom. The lowest BCUT2D eigenvalue weighted by atomic mass is 9.83. The molecule has 0 radical (unpaired) electrons. The normalized spacial score (nSPS) is 17.4. The molecular weight excluding hydrogens is 230 g/mol. The van der Waals surface area contributed by atoms with E-state index in [0.717, 1.165) is 25.9 Å². The van der Waals surface area contributed by atoms with Crippen molar-refractivity contribution < 1.29 is 14.3 Å². The molecule has 0 unspecified atom stereocenters. The van der Waals surface area contributed by atoms with Crippen molar-refractivity contribution in [2.75, 3.05) is 26.3 Å². The molecule has 0 aromatic rings. The van der Waals surface area contributed by atoms with Gasteiger partial charge in [-0.15, -0.1) is 6.58 Å². The van der Waals surface area contributed by atoms with Crippen molar-refractivity contribution in [2.24, 2.45) is 5.92 Å². The van der Waals surface area contributed by atoms with E-state index in [1.807, 2.05) is 13.8 Å². The monoisotopic (exact) mass is 255 g/mol. The van der Waals surface area contributed by atoms with Gasteiger partial charge in [-0.1, -0.05) is 6.08 Å². The Kier molecular flexibility index (Phi) is 6.36. The summed E-state index contributed by atoms with van der Waals surface area (Å²) in [5.41, 5.74) is -0.377. The summed E-state index contributed by atoms with van der Waals surface area (Å²) in [4.78, 5) is 11.7. The highest BCUT2D eigenvalue weighted by Gasteiger charge is 2.33. The van der Waals surface area contributed by atoms with Crippen LogP contribution in [0.5, 0.6) is 0 Å². The van der Waals surface area contributed by atoms with Crippen molar-refractivity contribution in [1.82, 2.24) is 5.32 Å². The van der Waals surface area contributed by atoms with E-state index in [2.05, 4.69) is 11.9 Å². The van der Waals surface area contributed by atoms with Crippen LogP contribution in [0.2, 0.25) is 0 Å². The lowest BCUT2D eigenvalue weighted by Gasteiger charge is -2.36. The number of ether oxygens (including phenoxy) is 2. The summed E-state index contributed by atoms with van der Waals surface area (Å²) in [6.45, 7) is 10.5. The van der Waals surface area contributed by atoms with Crippen molar-refractivity contribution in [1.29, 1.82) is 0 Å². The molecule has 0 amide bonds. The predicted octanol–water partition coefficient (Wildman–Crippen LogP) is 1.90. The van der Waals surface area contributed by atoms with E-state index < -0.39 is 0 Å². The van der Waals surface area contributed by atoms with Crippen LogP contribution in [-0.2, 0) is 14.3 Å². The van der Waals surface area contributed by atoms with Crippen LogP contribution in [0.25, 0.3) is 0 Å². The van der Waals surface area contributed by atoms with Crippen molar-refractivity contribution in [3.05, 3.63) is 12.7 Å². The van der Waals surface area contributed by atoms with Gasteiger partial charge in [0, 0.05) is 5.92 Å². The highest BCUT2D eigenvalue weighted by molar-refractivity contribution is 5.70. The second-order valence-corrected chi connectivity index (χ2v) is 5.22. The largest absolute Gasteiger partial charge is 0.459 e. The minimum absolute atomic E-state index is 0.178. The fourth-order valence-electron chi connectivity index (χ4n) is 2.27. The Morgan fingerprint density at radius 2 is 2.11 bits per heavy atom. The fraction of sp³-hybridized carbons (Fsp3) is 0.786. The molecule has 1 N–H and O–H groups in total. The third-order valence-electron chi connectivity index (χ3n) is 3.39. The second-order valence-electron chi connectivity index (χ2n) is 5.22. The highest BCUT2D eigenvalue weighted by atomic mass is 16.6. The number of hydrogen-bond donors (Lipinski definition) is 1. The summed E-state index contributed by atoms with van der Waals surface area (Å²) in [5.74, 6) is 0.263. The van der Waals surface area contributed by atoms with E-state index in [9.17, 15) is 4.79 Å². The Hall–Kier alpha value is -0.870. The van der Waals surface area contributed by atoms with Crippen LogP contribution in [0.3, 0.4) is 0 Å². The molecule has 0 spiro atoms. The van der Waals surface area contributed by atoms with E-state index >= 15 is 0 Å². The smallest absolute Gasteiger partial charge is 0.308 e. The number of rotatable bonds is 7. The van der Waals surface area contributed by atoms with Crippen LogP contribution in [0.15, 0.2) is 12.7 Å².